The summed E-state index contributed by atoms with van der Waals surface area (Å²) in [6.45, 7) is 1.99. The molecule has 0 heterocycles. The van der Waals surface area contributed by atoms with Gasteiger partial charge in [0.25, 0.3) is 0 Å². The SMILES string of the molecule is Cc1ccccc1C(C(=O)NC1CCCCC1)N(C(=O)CCl)C1CC1. The van der Waals surface area contributed by atoms with Crippen LogP contribution in [0, 0.1) is 6.92 Å². The fourth-order valence-electron chi connectivity index (χ4n) is 3.82. The van der Waals surface area contributed by atoms with Crippen molar-refractivity contribution in [1.82, 2.24) is 10.2 Å². The summed E-state index contributed by atoms with van der Waals surface area (Å²) in [7, 11) is 0. The summed E-state index contributed by atoms with van der Waals surface area (Å²) in [6, 6.07) is 7.61. The van der Waals surface area contributed by atoms with E-state index in [0.717, 1.165) is 49.7 Å². The van der Waals surface area contributed by atoms with Crippen LogP contribution in [0.25, 0.3) is 0 Å². The second-order valence-electron chi connectivity index (χ2n) is 7.27. The third-order valence-corrected chi connectivity index (χ3v) is 5.53. The second kappa shape index (κ2) is 8.22. The molecular formula is C20H27ClN2O2. The average Bonchev–Trinajstić information content (AvgIpc) is 3.45. The molecule has 25 heavy (non-hydrogen) atoms. The molecule has 136 valence electrons. The summed E-state index contributed by atoms with van der Waals surface area (Å²) in [4.78, 5) is 27.5. The van der Waals surface area contributed by atoms with Crippen molar-refractivity contribution in [3.8, 4) is 0 Å². The van der Waals surface area contributed by atoms with E-state index in [0.29, 0.717) is 0 Å². The number of nitrogens with one attached hydrogen (secondary N) is 1. The Bertz CT molecular complexity index is 624. The molecule has 2 fully saturated rings. The number of rotatable bonds is 6. The van der Waals surface area contributed by atoms with E-state index in [1.165, 1.54) is 6.42 Å². The number of hydrogen-bond donors (Lipinski definition) is 1. The summed E-state index contributed by atoms with van der Waals surface area (Å²) in [6.07, 6.45) is 7.51. The zero-order valence-corrected chi connectivity index (χ0v) is 15.6. The molecule has 2 amide bonds. The van der Waals surface area contributed by atoms with E-state index in [-0.39, 0.29) is 29.8 Å². The minimum absolute atomic E-state index is 0.0634. The minimum atomic E-state index is -0.582. The Morgan fingerprint density at radius 3 is 2.44 bits per heavy atom. The van der Waals surface area contributed by atoms with E-state index in [4.69, 9.17) is 11.6 Å². The first-order chi connectivity index (χ1) is 12.1. The molecule has 1 unspecified atom stereocenters. The van der Waals surface area contributed by atoms with Crippen LogP contribution < -0.4 is 5.32 Å². The molecule has 0 radical (unpaired) electrons. The van der Waals surface area contributed by atoms with Crippen molar-refractivity contribution in [3.05, 3.63) is 35.4 Å². The Morgan fingerprint density at radius 2 is 1.84 bits per heavy atom. The van der Waals surface area contributed by atoms with Crippen molar-refractivity contribution in [1.29, 1.82) is 0 Å². The maximum absolute atomic E-state index is 13.2. The lowest BCUT2D eigenvalue weighted by atomic mass is 9.94. The van der Waals surface area contributed by atoms with Gasteiger partial charge in [0.05, 0.1) is 0 Å². The highest BCUT2D eigenvalue weighted by atomic mass is 35.5. The normalized spacial score (nSPS) is 19.3. The molecule has 1 aromatic rings. The van der Waals surface area contributed by atoms with E-state index in [2.05, 4.69) is 5.32 Å². The Kier molecular flexibility index (Phi) is 6.00. The molecule has 1 aromatic carbocycles. The molecular weight excluding hydrogens is 336 g/mol. The van der Waals surface area contributed by atoms with Gasteiger partial charge in [0.2, 0.25) is 11.8 Å². The van der Waals surface area contributed by atoms with Gasteiger partial charge in [-0.3, -0.25) is 9.59 Å². The van der Waals surface area contributed by atoms with Crippen molar-refractivity contribution >= 4 is 23.4 Å². The molecule has 2 saturated carbocycles. The largest absolute Gasteiger partial charge is 0.351 e. The highest BCUT2D eigenvalue weighted by molar-refractivity contribution is 6.27. The second-order valence-corrected chi connectivity index (χ2v) is 7.54. The summed E-state index contributed by atoms with van der Waals surface area (Å²) in [5.74, 6) is -0.307. The van der Waals surface area contributed by atoms with Gasteiger partial charge in [-0.15, -0.1) is 11.6 Å². The Morgan fingerprint density at radius 1 is 1.16 bits per heavy atom. The number of nitrogens with zero attached hydrogens (tertiary/aromatic N) is 1. The Hall–Kier alpha value is -1.55. The number of benzene rings is 1. The van der Waals surface area contributed by atoms with E-state index in [1.54, 1.807) is 4.90 Å². The zero-order chi connectivity index (χ0) is 17.8. The van der Waals surface area contributed by atoms with Crippen molar-refractivity contribution in [3.63, 3.8) is 0 Å². The summed E-state index contributed by atoms with van der Waals surface area (Å²) >= 11 is 5.86. The van der Waals surface area contributed by atoms with Crippen LogP contribution in [0.1, 0.15) is 62.1 Å². The van der Waals surface area contributed by atoms with Crippen LogP contribution >= 0.6 is 11.6 Å². The first-order valence-corrected chi connectivity index (χ1v) is 9.88. The van der Waals surface area contributed by atoms with Gasteiger partial charge in [0.15, 0.2) is 0 Å². The highest BCUT2D eigenvalue weighted by Crippen LogP contribution is 2.36. The van der Waals surface area contributed by atoms with E-state index >= 15 is 0 Å². The van der Waals surface area contributed by atoms with Crippen molar-refractivity contribution in [2.75, 3.05) is 5.88 Å². The van der Waals surface area contributed by atoms with Crippen LogP contribution in [0.4, 0.5) is 0 Å². The smallest absolute Gasteiger partial charge is 0.247 e. The number of hydrogen-bond acceptors (Lipinski definition) is 2. The van der Waals surface area contributed by atoms with Crippen LogP contribution in [-0.4, -0.2) is 34.7 Å². The lowest BCUT2D eigenvalue weighted by Gasteiger charge is -2.34. The third-order valence-electron chi connectivity index (χ3n) is 5.30. The molecule has 0 saturated heterocycles. The van der Waals surface area contributed by atoms with Crippen LogP contribution in [0.5, 0.6) is 0 Å². The number of halogens is 1. The monoisotopic (exact) mass is 362 g/mol. The number of aryl methyl sites for hydroxylation is 1. The maximum Gasteiger partial charge on any atom is 0.247 e. The van der Waals surface area contributed by atoms with E-state index in [1.807, 2.05) is 31.2 Å². The van der Waals surface area contributed by atoms with Gasteiger partial charge in [-0.05, 0) is 43.7 Å². The molecule has 1 N–H and O–H groups in total. The van der Waals surface area contributed by atoms with Gasteiger partial charge in [-0.25, -0.2) is 0 Å². The van der Waals surface area contributed by atoms with Crippen LogP contribution in [0.2, 0.25) is 0 Å². The molecule has 0 aliphatic heterocycles. The standard InChI is InChI=1S/C20H27ClN2O2/c1-14-7-5-6-10-17(14)19(23(16-11-12-16)18(24)13-21)20(25)22-15-8-3-2-4-9-15/h5-7,10,15-16,19H,2-4,8-9,11-13H2,1H3,(H,22,25). The summed E-state index contributed by atoms with van der Waals surface area (Å²) in [5.41, 5.74) is 1.93. The molecule has 0 bridgehead atoms. The van der Waals surface area contributed by atoms with E-state index < -0.39 is 6.04 Å². The Balaban J connectivity index is 1.89. The first kappa shape index (κ1) is 18.2. The van der Waals surface area contributed by atoms with Crippen molar-refractivity contribution < 1.29 is 9.59 Å². The maximum atomic E-state index is 13.2. The molecule has 3 rings (SSSR count). The molecule has 0 aromatic heterocycles. The highest BCUT2D eigenvalue weighted by Gasteiger charge is 2.41. The molecule has 0 spiro atoms. The predicted molar refractivity (Wildman–Crippen MR) is 99.5 cm³/mol. The molecule has 1 atom stereocenters. The molecule has 2 aliphatic rings. The van der Waals surface area contributed by atoms with Gasteiger partial charge in [0.1, 0.15) is 11.9 Å². The Labute approximate surface area is 154 Å². The predicted octanol–water partition coefficient (Wildman–Crippen LogP) is 3.71. The molecule has 5 heteroatoms. The van der Waals surface area contributed by atoms with Crippen LogP contribution in [-0.2, 0) is 9.59 Å². The first-order valence-electron chi connectivity index (χ1n) is 9.35. The fraction of sp³-hybridized carbons (Fsp3) is 0.600. The summed E-state index contributed by atoms with van der Waals surface area (Å²) in [5, 5.41) is 3.21. The van der Waals surface area contributed by atoms with Crippen LogP contribution in [0.15, 0.2) is 24.3 Å². The fourth-order valence-corrected chi connectivity index (χ4v) is 3.96. The molecule has 4 nitrogen and oxygen atoms in total. The minimum Gasteiger partial charge on any atom is -0.351 e. The number of alkyl halides is 1. The zero-order valence-electron chi connectivity index (χ0n) is 14.8. The van der Waals surface area contributed by atoms with Gasteiger partial charge < -0.3 is 10.2 Å². The van der Waals surface area contributed by atoms with Gasteiger partial charge in [0, 0.05) is 12.1 Å². The quantitative estimate of drug-likeness (QED) is 0.784. The van der Waals surface area contributed by atoms with Crippen molar-refractivity contribution in [2.24, 2.45) is 0 Å². The van der Waals surface area contributed by atoms with Gasteiger partial charge in [-0.1, -0.05) is 43.5 Å². The number of carbonyl (C=O) groups excluding carboxylic acids is 2. The number of amides is 2. The number of carbonyl (C=O) groups is 2. The molecule has 2 aliphatic carbocycles. The lowest BCUT2D eigenvalue weighted by molar-refractivity contribution is -0.140. The average molecular weight is 363 g/mol. The lowest BCUT2D eigenvalue weighted by Crippen LogP contribution is -2.48. The third kappa shape index (κ3) is 4.35. The van der Waals surface area contributed by atoms with Crippen molar-refractivity contribution in [2.45, 2.75) is 70.0 Å². The van der Waals surface area contributed by atoms with Crippen LogP contribution in [0.3, 0.4) is 0 Å². The summed E-state index contributed by atoms with van der Waals surface area (Å²) < 4.78 is 0. The topological polar surface area (TPSA) is 49.4 Å². The van der Waals surface area contributed by atoms with Gasteiger partial charge in [-0.2, -0.15) is 0 Å². The van der Waals surface area contributed by atoms with Gasteiger partial charge >= 0.3 is 0 Å². The van der Waals surface area contributed by atoms with E-state index in [9.17, 15) is 9.59 Å².